The summed E-state index contributed by atoms with van der Waals surface area (Å²) < 4.78 is 11.1. The molecule has 0 aliphatic rings. The minimum absolute atomic E-state index is 0.0958. The highest BCUT2D eigenvalue weighted by Gasteiger charge is 2.15. The van der Waals surface area contributed by atoms with Gasteiger partial charge in [-0.2, -0.15) is 0 Å². The van der Waals surface area contributed by atoms with Crippen LogP contribution >= 0.6 is 0 Å². The molecule has 2 rings (SSSR count). The van der Waals surface area contributed by atoms with Crippen molar-refractivity contribution in [2.24, 2.45) is 0 Å². The third-order valence-electron chi connectivity index (χ3n) is 3.78. The maximum Gasteiger partial charge on any atom is 0.243 e. The highest BCUT2D eigenvalue weighted by molar-refractivity contribution is 6.10. The fourth-order valence-corrected chi connectivity index (χ4v) is 2.37. The first-order valence-corrected chi connectivity index (χ1v) is 8.46. The van der Waals surface area contributed by atoms with Crippen LogP contribution in [0.25, 0.3) is 0 Å². The molecule has 5 nitrogen and oxygen atoms in total. The molecule has 136 valence electrons. The molecule has 0 bridgehead atoms. The normalized spacial score (nSPS) is 10.0. The Labute approximate surface area is 153 Å². The zero-order valence-corrected chi connectivity index (χ0v) is 14.9. The second-order valence-electron chi connectivity index (χ2n) is 5.61. The van der Waals surface area contributed by atoms with Crippen LogP contribution in [0, 0.1) is 0 Å². The molecule has 0 saturated carbocycles. The summed E-state index contributed by atoms with van der Waals surface area (Å²) in [5.74, 6) is 0.840. The van der Waals surface area contributed by atoms with Crippen LogP contribution in [0.1, 0.15) is 28.8 Å². The lowest BCUT2D eigenvalue weighted by atomic mass is 10.0. The fraction of sp³-hybridized carbons (Fsp3) is 0.238. The Kier molecular flexibility index (Phi) is 7.43. The topological polar surface area (TPSA) is 64.6 Å². The van der Waals surface area contributed by atoms with Gasteiger partial charge >= 0.3 is 0 Å². The summed E-state index contributed by atoms with van der Waals surface area (Å²) in [7, 11) is 1.57. The van der Waals surface area contributed by atoms with Gasteiger partial charge in [0.15, 0.2) is 5.78 Å². The maximum atomic E-state index is 12.7. The van der Waals surface area contributed by atoms with Crippen molar-refractivity contribution in [2.45, 2.75) is 12.8 Å². The minimum atomic E-state index is -0.186. The van der Waals surface area contributed by atoms with E-state index in [0.717, 1.165) is 12.8 Å². The molecule has 1 N–H and O–H groups in total. The molecule has 0 heterocycles. The number of hydrogen-bond donors (Lipinski definition) is 1. The lowest BCUT2D eigenvalue weighted by Crippen LogP contribution is -2.22. The molecule has 0 radical (unpaired) electrons. The number of hydrogen-bond acceptors (Lipinski definition) is 4. The van der Waals surface area contributed by atoms with Crippen molar-refractivity contribution in [1.82, 2.24) is 5.32 Å². The number of carbonyl (C=O) groups excluding carboxylic acids is 2. The predicted molar refractivity (Wildman–Crippen MR) is 101 cm³/mol. The average molecular weight is 353 g/mol. The van der Waals surface area contributed by atoms with Crippen LogP contribution in [-0.4, -0.2) is 32.0 Å². The van der Waals surface area contributed by atoms with Crippen molar-refractivity contribution in [3.8, 4) is 11.5 Å². The minimum Gasteiger partial charge on any atom is -0.497 e. The van der Waals surface area contributed by atoms with E-state index in [2.05, 4.69) is 11.9 Å². The molecule has 1 amide bonds. The van der Waals surface area contributed by atoms with Crippen molar-refractivity contribution in [2.75, 3.05) is 20.3 Å². The van der Waals surface area contributed by atoms with E-state index in [4.69, 9.17) is 9.47 Å². The van der Waals surface area contributed by atoms with Crippen LogP contribution in [0.3, 0.4) is 0 Å². The van der Waals surface area contributed by atoms with Gasteiger partial charge in [-0.25, -0.2) is 0 Å². The first-order chi connectivity index (χ1) is 12.7. The molecule has 0 aliphatic carbocycles. The van der Waals surface area contributed by atoms with Gasteiger partial charge in [0.25, 0.3) is 0 Å². The Balaban J connectivity index is 2.00. The highest BCUT2D eigenvalue weighted by Crippen LogP contribution is 2.27. The average Bonchev–Trinajstić information content (AvgIpc) is 2.70. The Bertz CT molecular complexity index is 756. The monoisotopic (exact) mass is 353 g/mol. The van der Waals surface area contributed by atoms with Gasteiger partial charge < -0.3 is 14.8 Å². The Morgan fingerprint density at radius 3 is 2.58 bits per heavy atom. The smallest absolute Gasteiger partial charge is 0.243 e. The summed E-state index contributed by atoms with van der Waals surface area (Å²) >= 11 is 0. The van der Waals surface area contributed by atoms with Gasteiger partial charge in [-0.1, -0.05) is 36.9 Å². The van der Waals surface area contributed by atoms with Crippen molar-refractivity contribution in [3.63, 3.8) is 0 Å². The quantitative estimate of drug-likeness (QED) is 0.404. The second-order valence-corrected chi connectivity index (χ2v) is 5.61. The first-order valence-electron chi connectivity index (χ1n) is 8.46. The van der Waals surface area contributed by atoms with Crippen molar-refractivity contribution < 1.29 is 19.1 Å². The number of amides is 1. The maximum absolute atomic E-state index is 12.7. The molecule has 2 aromatic carbocycles. The molecule has 0 unspecified atom stereocenters. The number of ketones is 1. The van der Waals surface area contributed by atoms with Gasteiger partial charge in [0.05, 0.1) is 19.3 Å². The van der Waals surface area contributed by atoms with Crippen molar-refractivity contribution in [1.29, 1.82) is 0 Å². The molecule has 0 spiro atoms. The van der Waals surface area contributed by atoms with E-state index in [1.807, 2.05) is 18.2 Å². The largest absolute Gasteiger partial charge is 0.497 e. The SMILES string of the molecule is C=CC(=O)NCCCCOc1cc(OC)ccc1C(=O)c1ccccc1. The molecular formula is C21H23NO4. The van der Waals surface area contributed by atoms with E-state index >= 15 is 0 Å². The van der Waals surface area contributed by atoms with E-state index in [1.165, 1.54) is 6.08 Å². The number of carbonyl (C=O) groups is 2. The van der Waals surface area contributed by atoms with Crippen LogP contribution in [-0.2, 0) is 4.79 Å². The van der Waals surface area contributed by atoms with Crippen LogP contribution < -0.4 is 14.8 Å². The van der Waals surface area contributed by atoms with Gasteiger partial charge in [0, 0.05) is 18.2 Å². The van der Waals surface area contributed by atoms with E-state index < -0.39 is 0 Å². The van der Waals surface area contributed by atoms with E-state index in [0.29, 0.717) is 35.8 Å². The number of unbranched alkanes of at least 4 members (excludes halogenated alkanes) is 1. The van der Waals surface area contributed by atoms with Crippen LogP contribution in [0.5, 0.6) is 11.5 Å². The lowest BCUT2D eigenvalue weighted by molar-refractivity contribution is -0.116. The summed E-state index contributed by atoms with van der Waals surface area (Å²) in [4.78, 5) is 23.8. The number of ether oxygens (including phenoxy) is 2. The Hall–Kier alpha value is -3.08. The molecule has 0 atom stereocenters. The summed E-state index contributed by atoms with van der Waals surface area (Å²) in [6, 6.07) is 14.3. The standard InChI is InChI=1S/C21H23NO4/c1-3-20(23)22-13-7-8-14-26-19-15-17(25-2)11-12-18(19)21(24)16-9-5-4-6-10-16/h3-6,9-12,15H,1,7-8,13-14H2,2H3,(H,22,23). The van der Waals surface area contributed by atoms with E-state index in [9.17, 15) is 9.59 Å². The predicted octanol–water partition coefficient (Wildman–Crippen LogP) is 3.39. The van der Waals surface area contributed by atoms with Gasteiger partial charge in [0.1, 0.15) is 11.5 Å². The summed E-state index contributed by atoms with van der Waals surface area (Å²) in [6.07, 6.45) is 2.76. The van der Waals surface area contributed by atoms with Crippen molar-refractivity contribution >= 4 is 11.7 Å². The zero-order chi connectivity index (χ0) is 18.8. The summed E-state index contributed by atoms with van der Waals surface area (Å²) in [5, 5.41) is 2.71. The van der Waals surface area contributed by atoms with Crippen molar-refractivity contribution in [3.05, 3.63) is 72.3 Å². The molecule has 0 fully saturated rings. The first kappa shape index (κ1) is 19.2. The van der Waals surface area contributed by atoms with Crippen LogP contribution in [0.15, 0.2) is 61.2 Å². The molecule has 5 heteroatoms. The summed E-state index contributed by atoms with van der Waals surface area (Å²) in [6.45, 7) is 4.40. The third-order valence-corrected chi connectivity index (χ3v) is 3.78. The molecule has 0 saturated heterocycles. The van der Waals surface area contributed by atoms with E-state index in [-0.39, 0.29) is 11.7 Å². The summed E-state index contributed by atoms with van der Waals surface area (Å²) in [5.41, 5.74) is 1.10. The van der Waals surface area contributed by atoms with Crippen LogP contribution in [0.2, 0.25) is 0 Å². The number of benzene rings is 2. The Morgan fingerprint density at radius 1 is 1.12 bits per heavy atom. The van der Waals surface area contributed by atoms with Gasteiger partial charge in [-0.05, 0) is 31.1 Å². The zero-order valence-electron chi connectivity index (χ0n) is 14.9. The number of rotatable bonds is 10. The molecule has 2 aromatic rings. The fourth-order valence-electron chi connectivity index (χ4n) is 2.37. The number of methoxy groups -OCH3 is 1. The van der Waals surface area contributed by atoms with Gasteiger partial charge in [-0.15, -0.1) is 0 Å². The third kappa shape index (κ3) is 5.48. The van der Waals surface area contributed by atoms with Crippen LogP contribution in [0.4, 0.5) is 0 Å². The van der Waals surface area contributed by atoms with Gasteiger partial charge in [-0.3, -0.25) is 9.59 Å². The van der Waals surface area contributed by atoms with E-state index in [1.54, 1.807) is 37.4 Å². The molecule has 0 aliphatic heterocycles. The van der Waals surface area contributed by atoms with Gasteiger partial charge in [0.2, 0.25) is 5.91 Å². The molecule has 26 heavy (non-hydrogen) atoms. The lowest BCUT2D eigenvalue weighted by Gasteiger charge is -2.13. The number of nitrogens with one attached hydrogen (secondary N) is 1. The highest BCUT2D eigenvalue weighted by atomic mass is 16.5. The molecule has 0 aromatic heterocycles. The second kappa shape index (κ2) is 10.0. The molecular weight excluding hydrogens is 330 g/mol. The Morgan fingerprint density at radius 2 is 1.88 bits per heavy atom.